The van der Waals surface area contributed by atoms with E-state index in [-0.39, 0.29) is 0 Å². The Labute approximate surface area is 166 Å². The number of aromatic nitrogens is 1. The predicted molar refractivity (Wildman–Crippen MR) is 112 cm³/mol. The lowest BCUT2D eigenvalue weighted by atomic mass is 10.2. The number of methoxy groups -OCH3 is 2. The van der Waals surface area contributed by atoms with Crippen molar-refractivity contribution in [2.45, 2.75) is 25.9 Å². The minimum absolute atomic E-state index is 0.631. The normalized spacial score (nSPS) is 14.1. The third kappa shape index (κ3) is 5.06. The van der Waals surface area contributed by atoms with Gasteiger partial charge >= 0.3 is 0 Å². The molecule has 2 aromatic rings. The lowest BCUT2D eigenvalue weighted by Crippen LogP contribution is -2.36. The molecule has 1 aromatic heterocycles. The average Bonchev–Trinajstić information content (AvgIpc) is 3.29. The molecule has 7 nitrogen and oxygen atoms in total. The Morgan fingerprint density at radius 2 is 1.68 bits per heavy atom. The van der Waals surface area contributed by atoms with Gasteiger partial charge in [0, 0.05) is 39.4 Å². The van der Waals surface area contributed by atoms with E-state index in [1.54, 1.807) is 21.3 Å². The molecule has 0 saturated carbocycles. The van der Waals surface area contributed by atoms with Crippen LogP contribution in [0.1, 0.15) is 24.0 Å². The molecule has 1 saturated heterocycles. The predicted octanol–water partition coefficient (Wildman–Crippen LogP) is 2.56. The van der Waals surface area contributed by atoms with Crippen LogP contribution in [0.2, 0.25) is 0 Å². The van der Waals surface area contributed by atoms with Crippen LogP contribution in [0.4, 0.5) is 5.82 Å². The Kier molecular flexibility index (Phi) is 6.94. The molecule has 1 aromatic carbocycles. The molecule has 150 valence electrons. The Balaban J connectivity index is 1.50. The van der Waals surface area contributed by atoms with E-state index >= 15 is 0 Å². The third-order valence-electron chi connectivity index (χ3n) is 4.83. The fraction of sp³-hybridized carbons (Fsp3) is 0.429. The number of nitrogens with one attached hydrogen (secondary N) is 2. The maximum Gasteiger partial charge on any atom is 0.191 e. The number of nitrogens with zero attached hydrogens (tertiary/aromatic N) is 3. The standard InChI is InChI=1S/C21H29N5O2/c1-22-21(24-13-16-6-8-18(27-2)19(12-16)28-3)25-15-17-7-9-20(23-14-17)26-10-4-5-11-26/h6-9,12,14H,4-5,10-11,13,15H2,1-3H3,(H2,22,24,25). The number of pyridine rings is 1. The third-order valence-corrected chi connectivity index (χ3v) is 4.83. The van der Waals surface area contributed by atoms with Gasteiger partial charge in [-0.05, 0) is 42.2 Å². The highest BCUT2D eigenvalue weighted by atomic mass is 16.5. The van der Waals surface area contributed by atoms with Gasteiger partial charge in [-0.2, -0.15) is 0 Å². The van der Waals surface area contributed by atoms with Crippen LogP contribution in [-0.2, 0) is 13.1 Å². The minimum atomic E-state index is 0.631. The molecule has 7 heteroatoms. The van der Waals surface area contributed by atoms with E-state index in [9.17, 15) is 0 Å². The van der Waals surface area contributed by atoms with Gasteiger partial charge in [0.2, 0.25) is 0 Å². The Bertz CT molecular complexity index is 786. The Morgan fingerprint density at radius 3 is 2.29 bits per heavy atom. The largest absolute Gasteiger partial charge is 0.493 e. The quantitative estimate of drug-likeness (QED) is 0.566. The molecular weight excluding hydrogens is 354 g/mol. The summed E-state index contributed by atoms with van der Waals surface area (Å²) in [5, 5.41) is 6.64. The van der Waals surface area contributed by atoms with Gasteiger partial charge < -0.3 is 25.0 Å². The zero-order valence-corrected chi connectivity index (χ0v) is 16.9. The molecule has 2 N–H and O–H groups in total. The first-order valence-electron chi connectivity index (χ1n) is 9.59. The van der Waals surface area contributed by atoms with Crippen LogP contribution < -0.4 is 25.0 Å². The molecule has 0 spiro atoms. The highest BCUT2D eigenvalue weighted by molar-refractivity contribution is 5.79. The maximum absolute atomic E-state index is 5.35. The fourth-order valence-electron chi connectivity index (χ4n) is 3.24. The van der Waals surface area contributed by atoms with Gasteiger partial charge in [0.1, 0.15) is 5.82 Å². The molecule has 0 bridgehead atoms. The molecule has 3 rings (SSSR count). The lowest BCUT2D eigenvalue weighted by Gasteiger charge is -2.17. The summed E-state index contributed by atoms with van der Waals surface area (Å²) in [6.07, 6.45) is 4.45. The van der Waals surface area contributed by atoms with Crippen LogP contribution in [-0.4, -0.2) is 45.3 Å². The Hall–Kier alpha value is -2.96. The van der Waals surface area contributed by atoms with Crippen molar-refractivity contribution >= 4 is 11.8 Å². The van der Waals surface area contributed by atoms with Crippen LogP contribution in [0.3, 0.4) is 0 Å². The second-order valence-electron chi connectivity index (χ2n) is 6.69. The van der Waals surface area contributed by atoms with Crippen LogP contribution >= 0.6 is 0 Å². The summed E-state index contributed by atoms with van der Waals surface area (Å²) in [6.45, 7) is 3.51. The van der Waals surface area contributed by atoms with Crippen molar-refractivity contribution in [1.82, 2.24) is 15.6 Å². The van der Waals surface area contributed by atoms with E-state index < -0.39 is 0 Å². The van der Waals surface area contributed by atoms with E-state index in [2.05, 4.69) is 37.6 Å². The molecule has 1 fully saturated rings. The van der Waals surface area contributed by atoms with Crippen molar-refractivity contribution in [2.24, 2.45) is 4.99 Å². The Morgan fingerprint density at radius 1 is 1.00 bits per heavy atom. The first-order chi connectivity index (χ1) is 13.7. The van der Waals surface area contributed by atoms with E-state index in [1.165, 1.54) is 12.8 Å². The van der Waals surface area contributed by atoms with Crippen LogP contribution in [0.15, 0.2) is 41.5 Å². The first-order valence-corrected chi connectivity index (χ1v) is 9.59. The zero-order chi connectivity index (χ0) is 19.8. The topological polar surface area (TPSA) is 71.0 Å². The molecule has 28 heavy (non-hydrogen) atoms. The number of rotatable bonds is 7. The molecule has 0 radical (unpaired) electrons. The summed E-state index contributed by atoms with van der Waals surface area (Å²) in [5.41, 5.74) is 2.20. The van der Waals surface area contributed by atoms with Crippen molar-refractivity contribution in [2.75, 3.05) is 39.3 Å². The monoisotopic (exact) mass is 383 g/mol. The minimum Gasteiger partial charge on any atom is -0.493 e. The van der Waals surface area contributed by atoms with Crippen molar-refractivity contribution in [3.63, 3.8) is 0 Å². The van der Waals surface area contributed by atoms with Crippen LogP contribution in [0, 0.1) is 0 Å². The lowest BCUT2D eigenvalue weighted by molar-refractivity contribution is 0.354. The van der Waals surface area contributed by atoms with E-state index in [0.717, 1.165) is 41.7 Å². The number of hydrogen-bond acceptors (Lipinski definition) is 5. The van der Waals surface area contributed by atoms with Crippen LogP contribution in [0.25, 0.3) is 0 Å². The number of ether oxygens (including phenoxy) is 2. The number of hydrogen-bond donors (Lipinski definition) is 2. The van der Waals surface area contributed by atoms with Gasteiger partial charge in [-0.15, -0.1) is 0 Å². The molecule has 0 unspecified atom stereocenters. The number of benzene rings is 1. The second kappa shape index (κ2) is 9.82. The SMILES string of the molecule is CN=C(NCc1ccc(N2CCCC2)nc1)NCc1ccc(OC)c(OC)c1. The fourth-order valence-corrected chi connectivity index (χ4v) is 3.24. The summed E-state index contributed by atoms with van der Waals surface area (Å²) in [7, 11) is 5.03. The van der Waals surface area contributed by atoms with Gasteiger partial charge in [-0.3, -0.25) is 4.99 Å². The van der Waals surface area contributed by atoms with Gasteiger partial charge in [-0.1, -0.05) is 12.1 Å². The average molecular weight is 383 g/mol. The number of aliphatic imine (C=N–C) groups is 1. The molecule has 2 heterocycles. The highest BCUT2D eigenvalue weighted by Crippen LogP contribution is 2.27. The summed E-state index contributed by atoms with van der Waals surface area (Å²) in [4.78, 5) is 11.2. The van der Waals surface area contributed by atoms with Gasteiger partial charge in [0.25, 0.3) is 0 Å². The maximum atomic E-state index is 5.35. The van der Waals surface area contributed by atoms with Crippen molar-refractivity contribution in [3.05, 3.63) is 47.7 Å². The van der Waals surface area contributed by atoms with Crippen LogP contribution in [0.5, 0.6) is 11.5 Å². The first kappa shape index (κ1) is 19.8. The summed E-state index contributed by atoms with van der Waals surface area (Å²) < 4.78 is 10.6. The smallest absolute Gasteiger partial charge is 0.191 e. The van der Waals surface area contributed by atoms with E-state index in [1.807, 2.05) is 24.4 Å². The molecular formula is C21H29N5O2. The molecule has 0 aliphatic carbocycles. The molecule has 1 aliphatic rings. The van der Waals surface area contributed by atoms with Crippen molar-refractivity contribution in [3.8, 4) is 11.5 Å². The summed E-state index contributed by atoms with van der Waals surface area (Å²) in [6, 6.07) is 10.1. The summed E-state index contributed by atoms with van der Waals surface area (Å²) >= 11 is 0. The highest BCUT2D eigenvalue weighted by Gasteiger charge is 2.13. The van der Waals surface area contributed by atoms with Gasteiger partial charge in [0.15, 0.2) is 17.5 Å². The van der Waals surface area contributed by atoms with Crippen molar-refractivity contribution in [1.29, 1.82) is 0 Å². The van der Waals surface area contributed by atoms with Gasteiger partial charge in [0.05, 0.1) is 14.2 Å². The van der Waals surface area contributed by atoms with Gasteiger partial charge in [-0.25, -0.2) is 4.98 Å². The zero-order valence-electron chi connectivity index (χ0n) is 16.9. The molecule has 1 aliphatic heterocycles. The number of guanidine groups is 1. The molecule has 0 amide bonds. The second-order valence-corrected chi connectivity index (χ2v) is 6.69. The van der Waals surface area contributed by atoms with Crippen molar-refractivity contribution < 1.29 is 9.47 Å². The van der Waals surface area contributed by atoms with E-state index in [4.69, 9.17) is 9.47 Å². The number of anilines is 1. The molecule has 0 atom stereocenters. The van der Waals surface area contributed by atoms with E-state index in [0.29, 0.717) is 18.8 Å². The summed E-state index contributed by atoms with van der Waals surface area (Å²) in [5.74, 6) is 3.24.